The van der Waals surface area contributed by atoms with Crippen LogP contribution in [0.2, 0.25) is 0 Å². The standard InChI is InChI=1S/C28H27N3O5/c1-3-35-25-18-21(29-19(2)32)15-16-23(25)27(33)30-31-24(17-14-20-10-6-4-7-11-20)26(28(31)34)36-22-12-8-5-9-13-22/h4-18,24,26H,3H2,1-2H3,(H,29,32)(H,30,33)/b17-14+/t24-,26+/m1/s1. The number of carbonyl (C=O) groups excluding carboxylic acids is 3. The monoisotopic (exact) mass is 485 g/mol. The minimum Gasteiger partial charge on any atom is -0.493 e. The third-order valence-electron chi connectivity index (χ3n) is 5.45. The Labute approximate surface area is 209 Å². The first-order valence-corrected chi connectivity index (χ1v) is 11.6. The molecule has 1 heterocycles. The number of hydrazine groups is 1. The van der Waals surface area contributed by atoms with E-state index in [0.717, 1.165) is 5.56 Å². The van der Waals surface area contributed by atoms with E-state index in [-0.39, 0.29) is 17.4 Å². The number of carbonyl (C=O) groups is 3. The fourth-order valence-corrected chi connectivity index (χ4v) is 3.78. The predicted octanol–water partition coefficient (Wildman–Crippen LogP) is 4.06. The van der Waals surface area contributed by atoms with Gasteiger partial charge in [-0.05, 0) is 36.8 Å². The predicted molar refractivity (Wildman–Crippen MR) is 136 cm³/mol. The maximum absolute atomic E-state index is 13.2. The zero-order chi connectivity index (χ0) is 25.5. The number of rotatable bonds is 9. The fraction of sp³-hybridized carbons (Fsp3) is 0.179. The molecule has 0 aromatic heterocycles. The highest BCUT2D eigenvalue weighted by Crippen LogP contribution is 2.28. The number of nitrogens with zero attached hydrogens (tertiary/aromatic N) is 1. The highest BCUT2D eigenvalue weighted by Gasteiger charge is 2.49. The van der Waals surface area contributed by atoms with Gasteiger partial charge in [0.25, 0.3) is 11.8 Å². The summed E-state index contributed by atoms with van der Waals surface area (Å²) in [5, 5.41) is 3.92. The van der Waals surface area contributed by atoms with Gasteiger partial charge in [-0.1, -0.05) is 60.7 Å². The number of anilines is 1. The Bertz CT molecular complexity index is 1260. The van der Waals surface area contributed by atoms with Crippen LogP contribution in [-0.4, -0.2) is 41.5 Å². The van der Waals surface area contributed by atoms with Crippen molar-refractivity contribution >= 4 is 29.5 Å². The molecule has 3 aromatic carbocycles. The molecule has 0 radical (unpaired) electrons. The smallest absolute Gasteiger partial charge is 0.285 e. The van der Waals surface area contributed by atoms with Crippen LogP contribution in [0.3, 0.4) is 0 Å². The second-order valence-corrected chi connectivity index (χ2v) is 8.09. The zero-order valence-corrected chi connectivity index (χ0v) is 20.0. The number of hydrogen-bond donors (Lipinski definition) is 2. The normalized spacial score (nSPS) is 16.8. The molecule has 4 rings (SSSR count). The Morgan fingerprint density at radius 2 is 1.69 bits per heavy atom. The summed E-state index contributed by atoms with van der Waals surface area (Å²) < 4.78 is 11.6. The largest absolute Gasteiger partial charge is 0.493 e. The van der Waals surface area contributed by atoms with Crippen molar-refractivity contribution in [2.45, 2.75) is 26.0 Å². The van der Waals surface area contributed by atoms with E-state index in [2.05, 4.69) is 10.7 Å². The van der Waals surface area contributed by atoms with Crippen molar-refractivity contribution in [2.75, 3.05) is 11.9 Å². The highest BCUT2D eigenvalue weighted by atomic mass is 16.5. The molecule has 0 saturated carbocycles. The first-order valence-electron chi connectivity index (χ1n) is 11.6. The van der Waals surface area contributed by atoms with Crippen LogP contribution >= 0.6 is 0 Å². The van der Waals surface area contributed by atoms with Crippen LogP contribution in [0, 0.1) is 0 Å². The number of amides is 3. The van der Waals surface area contributed by atoms with Gasteiger partial charge in [0.05, 0.1) is 12.2 Å². The van der Waals surface area contributed by atoms with E-state index >= 15 is 0 Å². The number of hydrogen-bond acceptors (Lipinski definition) is 5. The molecule has 2 N–H and O–H groups in total. The van der Waals surface area contributed by atoms with E-state index < -0.39 is 18.1 Å². The molecule has 184 valence electrons. The summed E-state index contributed by atoms with van der Waals surface area (Å²) in [7, 11) is 0. The molecular formula is C28H27N3O5. The molecule has 0 spiro atoms. The average Bonchev–Trinajstić information content (AvgIpc) is 2.88. The van der Waals surface area contributed by atoms with Gasteiger partial charge in [0.15, 0.2) is 0 Å². The lowest BCUT2D eigenvalue weighted by Gasteiger charge is -2.44. The summed E-state index contributed by atoms with van der Waals surface area (Å²) in [4.78, 5) is 37.6. The van der Waals surface area contributed by atoms with Gasteiger partial charge in [-0.2, -0.15) is 0 Å². The van der Waals surface area contributed by atoms with E-state index in [1.54, 1.807) is 37.3 Å². The third-order valence-corrected chi connectivity index (χ3v) is 5.45. The summed E-state index contributed by atoms with van der Waals surface area (Å²) in [5.74, 6) is -0.270. The second-order valence-electron chi connectivity index (χ2n) is 8.09. The van der Waals surface area contributed by atoms with Crippen LogP contribution < -0.4 is 20.2 Å². The summed E-state index contributed by atoms with van der Waals surface area (Å²) >= 11 is 0. The number of benzene rings is 3. The van der Waals surface area contributed by atoms with E-state index in [0.29, 0.717) is 23.8 Å². The SMILES string of the molecule is CCOc1cc(NC(C)=O)ccc1C(=O)NN1C(=O)[C@@H](Oc2ccccc2)[C@H]1/C=C/c1ccccc1. The summed E-state index contributed by atoms with van der Waals surface area (Å²) in [6, 6.07) is 22.9. The minimum atomic E-state index is -0.791. The van der Waals surface area contributed by atoms with Gasteiger partial charge >= 0.3 is 0 Å². The molecule has 8 nitrogen and oxygen atoms in total. The van der Waals surface area contributed by atoms with Crippen LogP contribution in [-0.2, 0) is 9.59 Å². The maximum atomic E-state index is 13.2. The van der Waals surface area contributed by atoms with E-state index in [1.807, 2.05) is 60.7 Å². The first-order chi connectivity index (χ1) is 17.5. The number of β-lactam (4-membered cyclic amide) rings is 1. The van der Waals surface area contributed by atoms with E-state index in [9.17, 15) is 14.4 Å². The lowest BCUT2D eigenvalue weighted by atomic mass is 9.98. The maximum Gasteiger partial charge on any atom is 0.285 e. The third kappa shape index (κ3) is 5.72. The fourth-order valence-electron chi connectivity index (χ4n) is 3.78. The molecule has 1 saturated heterocycles. The van der Waals surface area contributed by atoms with Crippen LogP contribution in [0.15, 0.2) is 84.9 Å². The number of ether oxygens (including phenoxy) is 2. The van der Waals surface area contributed by atoms with Gasteiger partial charge in [0, 0.05) is 18.7 Å². The van der Waals surface area contributed by atoms with Crippen LogP contribution in [0.4, 0.5) is 5.69 Å². The Morgan fingerprint density at radius 3 is 2.36 bits per heavy atom. The molecule has 8 heteroatoms. The Morgan fingerprint density at radius 1 is 1.00 bits per heavy atom. The molecule has 1 aliphatic heterocycles. The number of nitrogens with one attached hydrogen (secondary N) is 2. The topological polar surface area (TPSA) is 97.0 Å². The molecule has 2 atom stereocenters. The zero-order valence-electron chi connectivity index (χ0n) is 20.0. The number of para-hydroxylation sites is 1. The van der Waals surface area contributed by atoms with Gasteiger partial charge < -0.3 is 14.8 Å². The summed E-state index contributed by atoms with van der Waals surface area (Å²) in [6.07, 6.45) is 2.92. The second kappa shape index (κ2) is 11.2. The van der Waals surface area contributed by atoms with Gasteiger partial charge in [0.1, 0.15) is 17.5 Å². The van der Waals surface area contributed by atoms with Crippen molar-refractivity contribution in [1.82, 2.24) is 10.4 Å². The summed E-state index contributed by atoms with van der Waals surface area (Å²) in [5.41, 5.74) is 4.38. The molecule has 3 amide bonds. The van der Waals surface area contributed by atoms with Crippen molar-refractivity contribution in [3.8, 4) is 11.5 Å². The van der Waals surface area contributed by atoms with E-state index in [4.69, 9.17) is 9.47 Å². The Hall–Kier alpha value is -4.59. The first kappa shape index (κ1) is 24.5. The van der Waals surface area contributed by atoms with Crippen LogP contribution in [0.25, 0.3) is 6.08 Å². The van der Waals surface area contributed by atoms with Crippen molar-refractivity contribution < 1.29 is 23.9 Å². The van der Waals surface area contributed by atoms with Crippen molar-refractivity contribution in [3.05, 3.63) is 96.1 Å². The molecule has 0 unspecified atom stereocenters. The molecule has 1 aliphatic rings. The van der Waals surface area contributed by atoms with Crippen LogP contribution in [0.1, 0.15) is 29.8 Å². The van der Waals surface area contributed by atoms with Gasteiger partial charge in [0.2, 0.25) is 12.0 Å². The summed E-state index contributed by atoms with van der Waals surface area (Å²) in [6.45, 7) is 3.51. The molecule has 0 aliphatic carbocycles. The van der Waals surface area contributed by atoms with Crippen molar-refractivity contribution in [2.24, 2.45) is 0 Å². The van der Waals surface area contributed by atoms with Gasteiger partial charge in [-0.15, -0.1) is 0 Å². The lowest BCUT2D eigenvalue weighted by molar-refractivity contribution is -0.163. The molecule has 36 heavy (non-hydrogen) atoms. The Balaban J connectivity index is 1.56. The molecule has 1 fully saturated rings. The van der Waals surface area contributed by atoms with Gasteiger partial charge in [-0.25, -0.2) is 5.01 Å². The van der Waals surface area contributed by atoms with Crippen LogP contribution in [0.5, 0.6) is 11.5 Å². The van der Waals surface area contributed by atoms with Crippen molar-refractivity contribution in [1.29, 1.82) is 0 Å². The molecule has 0 bridgehead atoms. The average molecular weight is 486 g/mol. The highest BCUT2D eigenvalue weighted by molar-refractivity contribution is 6.00. The van der Waals surface area contributed by atoms with Gasteiger partial charge in [-0.3, -0.25) is 19.8 Å². The van der Waals surface area contributed by atoms with Crippen molar-refractivity contribution in [3.63, 3.8) is 0 Å². The molecular weight excluding hydrogens is 458 g/mol. The Kier molecular flexibility index (Phi) is 7.65. The van der Waals surface area contributed by atoms with E-state index in [1.165, 1.54) is 11.9 Å². The minimum absolute atomic E-state index is 0.233. The lowest BCUT2D eigenvalue weighted by Crippen LogP contribution is -2.71. The quantitative estimate of drug-likeness (QED) is 0.446. The molecule has 3 aromatic rings.